The maximum Gasteiger partial charge on any atom is 0.230 e. The Kier molecular flexibility index (Phi) is 5.22. The molecule has 0 unspecified atom stereocenters. The number of carbonyl (C=O) groups excluding carboxylic acids is 2. The number of benzene rings is 1. The van der Waals surface area contributed by atoms with Crippen molar-refractivity contribution in [3.05, 3.63) is 23.8 Å². The van der Waals surface area contributed by atoms with Gasteiger partial charge in [0.15, 0.2) is 5.78 Å². The third kappa shape index (κ3) is 4.41. The van der Waals surface area contributed by atoms with E-state index in [0.29, 0.717) is 17.0 Å². The summed E-state index contributed by atoms with van der Waals surface area (Å²) < 4.78 is 0. The highest BCUT2D eigenvalue weighted by molar-refractivity contribution is 8.00. The van der Waals surface area contributed by atoms with Crippen molar-refractivity contribution in [2.45, 2.75) is 31.7 Å². The maximum atomic E-state index is 11.5. The lowest BCUT2D eigenvalue weighted by Gasteiger charge is -2.09. The van der Waals surface area contributed by atoms with Crippen LogP contribution in [0.25, 0.3) is 0 Å². The van der Waals surface area contributed by atoms with Crippen LogP contribution in [0.5, 0.6) is 0 Å². The number of nitrogens with one attached hydrogen (secondary N) is 1. The van der Waals surface area contributed by atoms with E-state index < -0.39 is 0 Å². The fourth-order valence-electron chi connectivity index (χ4n) is 1.44. The second-order valence-corrected chi connectivity index (χ2v) is 5.36. The van der Waals surface area contributed by atoms with Gasteiger partial charge >= 0.3 is 0 Å². The zero-order valence-electron chi connectivity index (χ0n) is 10.8. The van der Waals surface area contributed by atoms with Crippen LogP contribution in [-0.2, 0) is 4.79 Å². The molecule has 18 heavy (non-hydrogen) atoms. The van der Waals surface area contributed by atoms with E-state index in [1.165, 1.54) is 18.7 Å². The van der Waals surface area contributed by atoms with Crippen molar-refractivity contribution in [2.75, 3.05) is 11.5 Å². The van der Waals surface area contributed by atoms with Crippen molar-refractivity contribution in [3.8, 4) is 0 Å². The van der Waals surface area contributed by atoms with E-state index in [4.69, 9.17) is 5.73 Å². The standard InChI is InChI=1S/C13H18N2O2S/c1-8(2)15-13(17)7-18-10-4-5-12(14)11(6-10)9(3)16/h4-6,8H,7,14H2,1-3H3,(H,15,17). The molecule has 0 aliphatic carbocycles. The van der Waals surface area contributed by atoms with E-state index in [1.807, 2.05) is 19.9 Å². The van der Waals surface area contributed by atoms with Gasteiger partial charge in [0.2, 0.25) is 5.91 Å². The summed E-state index contributed by atoms with van der Waals surface area (Å²) in [6.45, 7) is 5.31. The van der Waals surface area contributed by atoms with Gasteiger partial charge in [-0.2, -0.15) is 0 Å². The van der Waals surface area contributed by atoms with Crippen LogP contribution in [0.15, 0.2) is 23.1 Å². The van der Waals surface area contributed by atoms with Crippen LogP contribution in [-0.4, -0.2) is 23.5 Å². The molecule has 1 aromatic rings. The average molecular weight is 266 g/mol. The molecule has 0 saturated carbocycles. The van der Waals surface area contributed by atoms with Crippen LogP contribution in [0, 0.1) is 0 Å². The Balaban J connectivity index is 2.66. The molecule has 0 bridgehead atoms. The molecule has 0 aliphatic heterocycles. The summed E-state index contributed by atoms with van der Waals surface area (Å²) in [4.78, 5) is 23.7. The van der Waals surface area contributed by atoms with Crippen LogP contribution in [0.1, 0.15) is 31.1 Å². The van der Waals surface area contributed by atoms with Crippen molar-refractivity contribution >= 4 is 29.1 Å². The van der Waals surface area contributed by atoms with Gasteiger partial charge in [-0.3, -0.25) is 9.59 Å². The molecule has 0 spiro atoms. The first kappa shape index (κ1) is 14.6. The number of nitrogen functional groups attached to an aromatic ring is 1. The smallest absolute Gasteiger partial charge is 0.230 e. The molecule has 0 saturated heterocycles. The van der Waals surface area contributed by atoms with Crippen LogP contribution in [0.3, 0.4) is 0 Å². The second-order valence-electron chi connectivity index (χ2n) is 4.32. The highest BCUT2D eigenvalue weighted by atomic mass is 32.2. The Hall–Kier alpha value is -1.49. The summed E-state index contributed by atoms with van der Waals surface area (Å²) in [6.07, 6.45) is 0. The number of hydrogen-bond donors (Lipinski definition) is 2. The van der Waals surface area contributed by atoms with E-state index in [-0.39, 0.29) is 17.7 Å². The fourth-order valence-corrected chi connectivity index (χ4v) is 2.19. The summed E-state index contributed by atoms with van der Waals surface area (Å²) in [6, 6.07) is 5.37. The monoisotopic (exact) mass is 266 g/mol. The van der Waals surface area contributed by atoms with Gasteiger partial charge in [0.05, 0.1) is 5.75 Å². The second kappa shape index (κ2) is 6.44. The molecule has 0 fully saturated rings. The summed E-state index contributed by atoms with van der Waals surface area (Å²) in [5.41, 5.74) is 6.68. The normalized spacial score (nSPS) is 10.4. The molecule has 1 rings (SSSR count). The first-order chi connectivity index (χ1) is 8.40. The molecule has 1 amide bonds. The molecule has 98 valence electrons. The third-order valence-electron chi connectivity index (χ3n) is 2.22. The van der Waals surface area contributed by atoms with Crippen molar-refractivity contribution in [2.24, 2.45) is 0 Å². The van der Waals surface area contributed by atoms with E-state index in [2.05, 4.69) is 5.32 Å². The van der Waals surface area contributed by atoms with E-state index in [9.17, 15) is 9.59 Å². The topological polar surface area (TPSA) is 72.2 Å². The Morgan fingerprint density at radius 2 is 2.06 bits per heavy atom. The van der Waals surface area contributed by atoms with Crippen molar-refractivity contribution < 1.29 is 9.59 Å². The largest absolute Gasteiger partial charge is 0.398 e. The van der Waals surface area contributed by atoms with Gasteiger partial charge in [-0.05, 0) is 39.0 Å². The molecule has 1 aromatic carbocycles. The van der Waals surface area contributed by atoms with Gasteiger partial charge in [-0.15, -0.1) is 11.8 Å². The number of anilines is 1. The summed E-state index contributed by atoms with van der Waals surface area (Å²) in [5.74, 6) is 0.247. The lowest BCUT2D eigenvalue weighted by atomic mass is 10.1. The van der Waals surface area contributed by atoms with Crippen LogP contribution < -0.4 is 11.1 Å². The van der Waals surface area contributed by atoms with E-state index in [0.717, 1.165) is 4.90 Å². The van der Waals surface area contributed by atoms with Crippen molar-refractivity contribution in [1.82, 2.24) is 5.32 Å². The Morgan fingerprint density at radius 3 is 2.61 bits per heavy atom. The molecule has 0 heterocycles. The van der Waals surface area contributed by atoms with Crippen LogP contribution in [0.4, 0.5) is 5.69 Å². The molecular weight excluding hydrogens is 248 g/mol. The quantitative estimate of drug-likeness (QED) is 0.486. The minimum atomic E-state index is -0.0680. The number of thioether (sulfide) groups is 1. The highest BCUT2D eigenvalue weighted by Gasteiger charge is 2.08. The Bertz CT molecular complexity index is 458. The SMILES string of the molecule is CC(=O)c1cc(SCC(=O)NC(C)C)ccc1N. The number of carbonyl (C=O) groups is 2. The first-order valence-corrected chi connectivity index (χ1v) is 6.71. The third-order valence-corrected chi connectivity index (χ3v) is 3.22. The van der Waals surface area contributed by atoms with E-state index in [1.54, 1.807) is 12.1 Å². The minimum Gasteiger partial charge on any atom is -0.398 e. The number of nitrogens with two attached hydrogens (primary N) is 1. The van der Waals surface area contributed by atoms with Crippen LogP contribution >= 0.6 is 11.8 Å². The van der Waals surface area contributed by atoms with Gasteiger partial charge in [0.25, 0.3) is 0 Å². The molecule has 0 atom stereocenters. The predicted molar refractivity (Wildman–Crippen MR) is 74.9 cm³/mol. The van der Waals surface area contributed by atoms with Crippen molar-refractivity contribution in [1.29, 1.82) is 0 Å². The van der Waals surface area contributed by atoms with Gasteiger partial charge in [0.1, 0.15) is 0 Å². The Labute approximate surface area is 111 Å². The van der Waals surface area contributed by atoms with Gasteiger partial charge in [-0.25, -0.2) is 0 Å². The van der Waals surface area contributed by atoms with Gasteiger partial charge in [0, 0.05) is 22.2 Å². The highest BCUT2D eigenvalue weighted by Crippen LogP contribution is 2.23. The zero-order chi connectivity index (χ0) is 13.7. The molecule has 3 N–H and O–H groups in total. The number of Topliss-reactive ketones (excluding diaryl/α,β-unsaturated/α-hetero) is 1. The number of ketones is 1. The van der Waals surface area contributed by atoms with E-state index >= 15 is 0 Å². The molecule has 0 aliphatic rings. The summed E-state index contributed by atoms with van der Waals surface area (Å²) in [7, 11) is 0. The fraction of sp³-hybridized carbons (Fsp3) is 0.385. The lowest BCUT2D eigenvalue weighted by Crippen LogP contribution is -2.31. The lowest BCUT2D eigenvalue weighted by molar-refractivity contribution is -0.119. The summed E-state index contributed by atoms with van der Waals surface area (Å²) >= 11 is 1.39. The molecule has 4 nitrogen and oxygen atoms in total. The molecule has 5 heteroatoms. The minimum absolute atomic E-state index is 0.0174. The molecular formula is C13H18N2O2S. The van der Waals surface area contributed by atoms with Gasteiger partial charge in [-0.1, -0.05) is 0 Å². The van der Waals surface area contributed by atoms with Crippen LogP contribution in [0.2, 0.25) is 0 Å². The maximum absolute atomic E-state index is 11.5. The van der Waals surface area contributed by atoms with Crippen molar-refractivity contribution in [3.63, 3.8) is 0 Å². The van der Waals surface area contributed by atoms with Gasteiger partial charge < -0.3 is 11.1 Å². The Morgan fingerprint density at radius 1 is 1.39 bits per heavy atom. The number of rotatable bonds is 5. The molecule has 0 radical (unpaired) electrons. The number of hydrogen-bond acceptors (Lipinski definition) is 4. The predicted octanol–water partition coefficient (Wildman–Crippen LogP) is 2.09. The first-order valence-electron chi connectivity index (χ1n) is 5.72. The zero-order valence-corrected chi connectivity index (χ0v) is 11.6. The molecule has 0 aromatic heterocycles. The number of amides is 1. The average Bonchev–Trinajstić information content (AvgIpc) is 2.26. The summed E-state index contributed by atoms with van der Waals surface area (Å²) in [5, 5.41) is 2.81.